The van der Waals surface area contributed by atoms with Crippen molar-refractivity contribution >= 4 is 50.2 Å². The average Bonchev–Trinajstić information content (AvgIpc) is 3.46. The molecular formula is C31H37N5O10S2. The van der Waals surface area contributed by atoms with Crippen molar-refractivity contribution in [3.8, 4) is 16.9 Å². The largest absolute Gasteiger partial charge is 0.724 e. The Morgan fingerprint density at radius 1 is 1.21 bits per heavy atom. The molecule has 3 heterocycles. The lowest BCUT2D eigenvalue weighted by molar-refractivity contribution is -0.679. The van der Waals surface area contributed by atoms with E-state index in [9.17, 15) is 32.5 Å². The molecule has 0 bridgehead atoms. The number of carbonyl (C=O) groups is 3. The second-order valence-electron chi connectivity index (χ2n) is 12.0. The number of rotatable bonds is 16. The Morgan fingerprint density at radius 2 is 1.88 bits per heavy atom. The SMILES string of the molecule is CCC(C)Cc1ccc(-c2ccc(OC[C@H](O/N=C(\C(=O)C[C@@H]3C(=O)N(OS(=O)(=O)[O-])C3(C)C)c3csc(N)n3)C(=O)O)cc2)c[n+]1C. The highest BCUT2D eigenvalue weighted by molar-refractivity contribution is 7.80. The van der Waals surface area contributed by atoms with E-state index in [1.165, 1.54) is 24.9 Å². The number of nitrogens with two attached hydrogens (primary N) is 1. The van der Waals surface area contributed by atoms with Gasteiger partial charge in [-0.05, 0) is 43.5 Å². The maximum Gasteiger partial charge on any atom is 0.351 e. The molecule has 3 atom stereocenters. The molecule has 1 saturated heterocycles. The van der Waals surface area contributed by atoms with Crippen LogP contribution in [0.2, 0.25) is 0 Å². The first-order valence-corrected chi connectivity index (χ1v) is 17.1. The summed E-state index contributed by atoms with van der Waals surface area (Å²) in [6, 6.07) is 11.2. The summed E-state index contributed by atoms with van der Waals surface area (Å²) in [6.45, 7) is 6.73. The third-order valence-corrected chi connectivity index (χ3v) is 9.10. The summed E-state index contributed by atoms with van der Waals surface area (Å²) in [5, 5.41) is 15.4. The summed E-state index contributed by atoms with van der Waals surface area (Å²) in [5.41, 5.74) is 7.10. The normalized spacial score (nSPS) is 17.4. The van der Waals surface area contributed by atoms with Gasteiger partial charge >= 0.3 is 5.97 Å². The van der Waals surface area contributed by atoms with Gasteiger partial charge in [-0.2, -0.15) is 9.35 Å². The number of thiazole rings is 1. The summed E-state index contributed by atoms with van der Waals surface area (Å²) in [4.78, 5) is 47.2. The van der Waals surface area contributed by atoms with Gasteiger partial charge in [0.15, 0.2) is 28.5 Å². The lowest BCUT2D eigenvalue weighted by Gasteiger charge is -2.51. The molecule has 1 amide bonds. The number of pyridine rings is 1. The second kappa shape index (κ2) is 14.8. The number of aromatic nitrogens is 2. The molecule has 15 nitrogen and oxygen atoms in total. The van der Waals surface area contributed by atoms with E-state index in [2.05, 4.69) is 51.2 Å². The zero-order chi connectivity index (χ0) is 35.4. The van der Waals surface area contributed by atoms with Gasteiger partial charge in [0.25, 0.3) is 12.0 Å². The van der Waals surface area contributed by atoms with Crippen LogP contribution in [-0.4, -0.2) is 69.7 Å². The Balaban J connectivity index is 1.44. The quantitative estimate of drug-likeness (QED) is 0.0550. The maximum absolute atomic E-state index is 13.3. The predicted molar refractivity (Wildman–Crippen MR) is 172 cm³/mol. The highest BCUT2D eigenvalue weighted by atomic mass is 32.3. The Labute approximate surface area is 281 Å². The van der Waals surface area contributed by atoms with Crippen molar-refractivity contribution in [3.05, 3.63) is 59.4 Å². The minimum atomic E-state index is -5.24. The molecule has 1 aliphatic rings. The van der Waals surface area contributed by atoms with E-state index in [0.29, 0.717) is 16.7 Å². The van der Waals surface area contributed by atoms with Crippen molar-refractivity contribution in [2.45, 2.75) is 58.6 Å². The number of β-lactam (4-membered cyclic amide) rings is 1. The smallest absolute Gasteiger partial charge is 0.351 e. The van der Waals surface area contributed by atoms with Crippen LogP contribution in [-0.2, 0) is 47.4 Å². The van der Waals surface area contributed by atoms with Crippen LogP contribution in [0.5, 0.6) is 5.75 Å². The van der Waals surface area contributed by atoms with Crippen LogP contribution in [0, 0.1) is 11.8 Å². The molecular weight excluding hydrogens is 666 g/mol. The predicted octanol–water partition coefficient (Wildman–Crippen LogP) is 2.65. The van der Waals surface area contributed by atoms with E-state index >= 15 is 0 Å². The molecule has 1 aliphatic heterocycles. The van der Waals surface area contributed by atoms with Gasteiger partial charge < -0.3 is 25.0 Å². The van der Waals surface area contributed by atoms with E-state index in [4.69, 9.17) is 15.3 Å². The molecule has 4 rings (SSSR count). The summed E-state index contributed by atoms with van der Waals surface area (Å²) in [7, 11) is -3.22. The van der Waals surface area contributed by atoms with Crippen LogP contribution in [0.25, 0.3) is 11.1 Å². The first-order chi connectivity index (χ1) is 22.5. The van der Waals surface area contributed by atoms with E-state index < -0.39 is 64.4 Å². The molecule has 17 heteroatoms. The van der Waals surface area contributed by atoms with Crippen LogP contribution >= 0.6 is 11.3 Å². The van der Waals surface area contributed by atoms with Crippen molar-refractivity contribution in [3.63, 3.8) is 0 Å². The summed E-state index contributed by atoms with van der Waals surface area (Å²) < 4.78 is 45.0. The molecule has 258 valence electrons. The number of ketones is 1. The molecule has 1 fully saturated rings. The number of oxime groups is 1. The fourth-order valence-corrected chi connectivity index (χ4v) is 5.98. The molecule has 0 aliphatic carbocycles. The number of amides is 1. The fraction of sp³-hybridized carbons (Fsp3) is 0.419. The number of aryl methyl sites for hydroxylation is 1. The van der Waals surface area contributed by atoms with E-state index in [1.54, 1.807) is 12.1 Å². The third-order valence-electron chi connectivity index (χ3n) is 8.09. The van der Waals surface area contributed by atoms with Gasteiger partial charge in [0.1, 0.15) is 25.1 Å². The lowest BCUT2D eigenvalue weighted by atomic mass is 9.74. The maximum atomic E-state index is 13.3. The van der Waals surface area contributed by atoms with Crippen LogP contribution in [0.3, 0.4) is 0 Å². The minimum Gasteiger partial charge on any atom is -0.724 e. The molecule has 48 heavy (non-hydrogen) atoms. The van der Waals surface area contributed by atoms with Crippen molar-refractivity contribution < 1.29 is 50.9 Å². The number of nitrogen functional groups attached to an aromatic ring is 1. The highest BCUT2D eigenvalue weighted by Gasteiger charge is 2.57. The molecule has 2 aromatic heterocycles. The van der Waals surface area contributed by atoms with Gasteiger partial charge in [-0.25, -0.2) is 22.8 Å². The Morgan fingerprint density at radius 3 is 2.42 bits per heavy atom. The fourth-order valence-electron chi connectivity index (χ4n) is 4.98. The number of carboxylic acids is 1. The molecule has 0 saturated carbocycles. The summed E-state index contributed by atoms with van der Waals surface area (Å²) in [5.74, 6) is -3.27. The minimum absolute atomic E-state index is 0.0238. The number of hydrogen-bond acceptors (Lipinski definition) is 13. The van der Waals surface area contributed by atoms with Gasteiger partial charge in [0, 0.05) is 29.9 Å². The van der Waals surface area contributed by atoms with Gasteiger partial charge in [-0.15, -0.1) is 11.3 Å². The first-order valence-electron chi connectivity index (χ1n) is 14.9. The van der Waals surface area contributed by atoms with Crippen LogP contribution in [0.15, 0.2) is 53.1 Å². The van der Waals surface area contributed by atoms with Gasteiger partial charge in [0.2, 0.25) is 10.4 Å². The Kier molecular flexibility index (Phi) is 11.2. The van der Waals surface area contributed by atoms with Crippen molar-refractivity contribution in [1.29, 1.82) is 0 Å². The second-order valence-corrected chi connectivity index (χ2v) is 13.8. The number of hydroxylamine groups is 2. The average molecular weight is 704 g/mol. The topological polar surface area (TPSA) is 215 Å². The number of hydrogen-bond donors (Lipinski definition) is 2. The van der Waals surface area contributed by atoms with Crippen LogP contribution in [0.4, 0.5) is 5.13 Å². The van der Waals surface area contributed by atoms with Gasteiger partial charge in [-0.3, -0.25) is 9.59 Å². The zero-order valence-electron chi connectivity index (χ0n) is 27.0. The summed E-state index contributed by atoms with van der Waals surface area (Å²) >= 11 is 0.987. The molecule has 0 radical (unpaired) electrons. The summed E-state index contributed by atoms with van der Waals surface area (Å²) in [6.07, 6.45) is 1.98. The van der Waals surface area contributed by atoms with E-state index in [0.717, 1.165) is 35.3 Å². The number of Topliss-reactive ketones (excluding diaryl/α,β-unsaturated/α-hetero) is 1. The molecule has 1 unspecified atom stereocenters. The lowest BCUT2D eigenvalue weighted by Crippen LogP contribution is -2.68. The van der Waals surface area contributed by atoms with Crippen molar-refractivity contribution in [2.75, 3.05) is 12.3 Å². The number of aliphatic carboxylic acids is 1. The third kappa shape index (κ3) is 8.71. The Hall–Kier alpha value is -4.45. The van der Waals surface area contributed by atoms with Gasteiger partial charge in [0.05, 0.1) is 11.5 Å². The molecule has 3 N–H and O–H groups in total. The number of benzene rings is 1. The standard InChI is InChI=1S/C31H37N5O10S2/c1-6-18(2)13-21-10-7-20(15-35(21)5)19-8-11-22(12-9-19)44-16-26(29(39)40)45-34-27(24-17-47-30(32)33-24)25(37)14-23-28(38)36(31(23,3)4)46-48(41,42)43/h7-12,15,17-18,23,26H,6,13-14,16H2,1-5H3,(H3-,32,33,39,40,41,42,43)/b34-27-/t18?,23-,26+/m1/s1. The number of ether oxygens (including phenoxy) is 1. The Bertz CT molecular complexity index is 1810. The number of anilines is 1. The molecule has 1 aromatic carbocycles. The van der Waals surface area contributed by atoms with E-state index in [1.807, 2.05) is 19.2 Å². The highest BCUT2D eigenvalue weighted by Crippen LogP contribution is 2.40. The molecule has 3 aromatic rings. The monoisotopic (exact) mass is 703 g/mol. The molecule has 0 spiro atoms. The first kappa shape index (κ1) is 36.4. The van der Waals surface area contributed by atoms with Gasteiger partial charge in [-0.1, -0.05) is 37.6 Å². The number of nitrogens with zero attached hydrogens (tertiary/aromatic N) is 4. The van der Waals surface area contributed by atoms with Crippen molar-refractivity contribution in [2.24, 2.45) is 24.0 Å². The zero-order valence-corrected chi connectivity index (χ0v) is 28.6. The van der Waals surface area contributed by atoms with Crippen molar-refractivity contribution in [1.82, 2.24) is 10.0 Å². The number of carbonyl (C=O) groups excluding carboxylic acids is 2. The van der Waals surface area contributed by atoms with E-state index in [-0.39, 0.29) is 10.8 Å². The van der Waals surface area contributed by atoms with Crippen LogP contribution in [0.1, 0.15) is 51.9 Å². The number of carboxylic acid groups (broad SMARTS) is 1. The van der Waals surface area contributed by atoms with Crippen LogP contribution < -0.4 is 15.0 Å².